The number of hydrogen-bond donors (Lipinski definition) is 1. The molecule has 20 heavy (non-hydrogen) atoms. The Morgan fingerprint density at radius 3 is 2.65 bits per heavy atom. The summed E-state index contributed by atoms with van der Waals surface area (Å²) in [5.41, 5.74) is 7.83. The van der Waals surface area contributed by atoms with Crippen LogP contribution in [0.2, 0.25) is 0 Å². The molecule has 1 aliphatic carbocycles. The minimum atomic E-state index is 0.281. The van der Waals surface area contributed by atoms with E-state index in [9.17, 15) is 0 Å². The SMILES string of the molecule is CCn1cncc1C(CN)N(C)C1CCC(C)(C)CC1. The van der Waals surface area contributed by atoms with E-state index in [1.165, 1.54) is 31.4 Å². The second-order valence-corrected chi connectivity index (χ2v) is 6.92. The molecular formula is C16H30N4. The predicted molar refractivity (Wildman–Crippen MR) is 83.5 cm³/mol. The molecule has 0 spiro atoms. The van der Waals surface area contributed by atoms with Crippen molar-refractivity contribution in [2.24, 2.45) is 11.1 Å². The Morgan fingerprint density at radius 1 is 1.45 bits per heavy atom. The van der Waals surface area contributed by atoms with Crippen LogP contribution in [-0.4, -0.2) is 34.1 Å². The third kappa shape index (κ3) is 3.23. The van der Waals surface area contributed by atoms with E-state index in [1.54, 1.807) is 0 Å². The largest absolute Gasteiger partial charge is 0.333 e. The summed E-state index contributed by atoms with van der Waals surface area (Å²) < 4.78 is 2.21. The van der Waals surface area contributed by atoms with Crippen molar-refractivity contribution in [3.8, 4) is 0 Å². The number of nitrogens with two attached hydrogens (primary N) is 1. The van der Waals surface area contributed by atoms with Crippen LogP contribution in [0.5, 0.6) is 0 Å². The average molecular weight is 278 g/mol. The Balaban J connectivity index is 2.08. The number of rotatable bonds is 5. The van der Waals surface area contributed by atoms with Crippen LogP contribution in [0.3, 0.4) is 0 Å². The second kappa shape index (κ2) is 6.27. The molecule has 2 rings (SSSR count). The molecule has 1 aliphatic rings. The molecule has 0 bridgehead atoms. The minimum absolute atomic E-state index is 0.281. The fraction of sp³-hybridized carbons (Fsp3) is 0.812. The molecule has 4 heteroatoms. The minimum Gasteiger partial charge on any atom is -0.333 e. The summed E-state index contributed by atoms with van der Waals surface area (Å²) in [5.74, 6) is 0. The molecule has 0 aliphatic heterocycles. The molecule has 0 aromatic carbocycles. The maximum atomic E-state index is 6.07. The fourth-order valence-corrected chi connectivity index (χ4v) is 3.41. The Labute approximate surface area is 123 Å². The van der Waals surface area contributed by atoms with Crippen LogP contribution in [0.25, 0.3) is 0 Å². The van der Waals surface area contributed by atoms with Gasteiger partial charge in [0.05, 0.1) is 18.1 Å². The Morgan fingerprint density at radius 2 is 2.10 bits per heavy atom. The molecule has 1 unspecified atom stereocenters. The van der Waals surface area contributed by atoms with Gasteiger partial charge in [0.25, 0.3) is 0 Å². The number of likely N-dealkylation sites (N-methyl/N-ethyl adjacent to an activating group) is 1. The average Bonchev–Trinajstić information content (AvgIpc) is 2.87. The van der Waals surface area contributed by atoms with E-state index in [1.807, 2.05) is 12.5 Å². The van der Waals surface area contributed by atoms with Gasteiger partial charge in [0.15, 0.2) is 0 Å². The molecule has 1 heterocycles. The molecule has 0 radical (unpaired) electrons. The number of aromatic nitrogens is 2. The molecular weight excluding hydrogens is 248 g/mol. The molecule has 1 atom stereocenters. The molecule has 0 amide bonds. The van der Waals surface area contributed by atoms with Gasteiger partial charge in [-0.2, -0.15) is 0 Å². The van der Waals surface area contributed by atoms with Gasteiger partial charge >= 0.3 is 0 Å². The monoisotopic (exact) mass is 278 g/mol. The second-order valence-electron chi connectivity index (χ2n) is 6.92. The van der Waals surface area contributed by atoms with E-state index in [0.29, 0.717) is 18.0 Å². The van der Waals surface area contributed by atoms with E-state index >= 15 is 0 Å². The van der Waals surface area contributed by atoms with E-state index < -0.39 is 0 Å². The van der Waals surface area contributed by atoms with E-state index in [2.05, 4.69) is 42.3 Å². The Bertz CT molecular complexity index is 414. The van der Waals surface area contributed by atoms with Gasteiger partial charge in [-0.15, -0.1) is 0 Å². The van der Waals surface area contributed by atoms with Crippen LogP contribution < -0.4 is 5.73 Å². The van der Waals surface area contributed by atoms with Crippen LogP contribution >= 0.6 is 0 Å². The van der Waals surface area contributed by atoms with Crippen molar-refractivity contribution in [3.05, 3.63) is 18.2 Å². The molecule has 1 fully saturated rings. The van der Waals surface area contributed by atoms with Crippen LogP contribution in [-0.2, 0) is 6.54 Å². The first kappa shape index (κ1) is 15.5. The maximum Gasteiger partial charge on any atom is 0.0948 e. The number of imidazole rings is 1. The van der Waals surface area contributed by atoms with Gasteiger partial charge in [-0.25, -0.2) is 4.98 Å². The molecule has 114 valence electrons. The van der Waals surface area contributed by atoms with Crippen molar-refractivity contribution in [3.63, 3.8) is 0 Å². The van der Waals surface area contributed by atoms with Gasteiger partial charge in [0, 0.05) is 25.3 Å². The maximum absolute atomic E-state index is 6.07. The lowest BCUT2D eigenvalue weighted by atomic mass is 9.75. The standard InChI is InChI=1S/C16H30N4/c1-5-20-12-18-11-15(20)14(10-17)19(4)13-6-8-16(2,3)9-7-13/h11-14H,5-10,17H2,1-4H3. The third-order valence-corrected chi connectivity index (χ3v) is 5.03. The van der Waals surface area contributed by atoms with Crippen LogP contribution in [0, 0.1) is 5.41 Å². The lowest BCUT2D eigenvalue weighted by Gasteiger charge is -2.41. The van der Waals surface area contributed by atoms with E-state index in [0.717, 1.165) is 6.54 Å². The lowest BCUT2D eigenvalue weighted by molar-refractivity contribution is 0.0938. The highest BCUT2D eigenvalue weighted by Gasteiger charge is 2.32. The quantitative estimate of drug-likeness (QED) is 0.901. The highest BCUT2D eigenvalue weighted by molar-refractivity contribution is 5.07. The van der Waals surface area contributed by atoms with Gasteiger partial charge in [0.1, 0.15) is 0 Å². The zero-order valence-corrected chi connectivity index (χ0v) is 13.5. The van der Waals surface area contributed by atoms with Crippen LogP contribution in [0.15, 0.2) is 12.5 Å². The summed E-state index contributed by atoms with van der Waals surface area (Å²) >= 11 is 0. The first-order chi connectivity index (χ1) is 9.48. The van der Waals surface area contributed by atoms with Gasteiger partial charge < -0.3 is 10.3 Å². The zero-order valence-electron chi connectivity index (χ0n) is 13.5. The molecule has 2 N–H and O–H groups in total. The highest BCUT2D eigenvalue weighted by Crippen LogP contribution is 2.38. The summed E-state index contributed by atoms with van der Waals surface area (Å²) in [4.78, 5) is 6.78. The first-order valence-corrected chi connectivity index (χ1v) is 7.90. The van der Waals surface area contributed by atoms with Crippen molar-refractivity contribution >= 4 is 0 Å². The number of nitrogens with zero attached hydrogens (tertiary/aromatic N) is 3. The van der Waals surface area contributed by atoms with Crippen molar-refractivity contribution < 1.29 is 0 Å². The third-order valence-electron chi connectivity index (χ3n) is 5.03. The summed E-state index contributed by atoms with van der Waals surface area (Å²) in [6.45, 7) is 8.53. The predicted octanol–water partition coefficient (Wildman–Crippen LogP) is 2.80. The summed E-state index contributed by atoms with van der Waals surface area (Å²) in [5, 5.41) is 0. The summed E-state index contributed by atoms with van der Waals surface area (Å²) in [6, 6.07) is 0.931. The fourth-order valence-electron chi connectivity index (χ4n) is 3.41. The van der Waals surface area contributed by atoms with E-state index in [4.69, 9.17) is 5.73 Å². The summed E-state index contributed by atoms with van der Waals surface area (Å²) in [6.07, 6.45) is 9.07. The van der Waals surface area contributed by atoms with Crippen molar-refractivity contribution in [2.75, 3.05) is 13.6 Å². The topological polar surface area (TPSA) is 47.1 Å². The smallest absolute Gasteiger partial charge is 0.0948 e. The van der Waals surface area contributed by atoms with Crippen LogP contribution in [0.1, 0.15) is 58.2 Å². The van der Waals surface area contributed by atoms with Crippen LogP contribution in [0.4, 0.5) is 0 Å². The zero-order chi connectivity index (χ0) is 14.8. The van der Waals surface area contributed by atoms with Crippen molar-refractivity contribution in [1.82, 2.24) is 14.5 Å². The molecule has 1 saturated carbocycles. The highest BCUT2D eigenvalue weighted by atomic mass is 15.2. The first-order valence-electron chi connectivity index (χ1n) is 7.90. The molecule has 1 aromatic heterocycles. The van der Waals surface area contributed by atoms with E-state index in [-0.39, 0.29) is 6.04 Å². The van der Waals surface area contributed by atoms with Gasteiger partial charge in [0.2, 0.25) is 0 Å². The summed E-state index contributed by atoms with van der Waals surface area (Å²) in [7, 11) is 2.23. The molecule has 1 aromatic rings. The number of hydrogen-bond acceptors (Lipinski definition) is 3. The van der Waals surface area contributed by atoms with Gasteiger partial charge in [-0.05, 0) is 45.1 Å². The Kier molecular flexibility index (Phi) is 4.86. The Hall–Kier alpha value is -0.870. The molecule has 4 nitrogen and oxygen atoms in total. The van der Waals surface area contributed by atoms with Crippen molar-refractivity contribution in [1.29, 1.82) is 0 Å². The normalized spacial score (nSPS) is 21.3. The lowest BCUT2D eigenvalue weighted by Crippen LogP contribution is -2.42. The number of aryl methyl sites for hydroxylation is 1. The molecule has 0 saturated heterocycles. The van der Waals surface area contributed by atoms with Gasteiger partial charge in [-0.1, -0.05) is 13.8 Å². The van der Waals surface area contributed by atoms with Crippen molar-refractivity contribution in [2.45, 2.75) is 65.1 Å². The van der Waals surface area contributed by atoms with Gasteiger partial charge in [-0.3, -0.25) is 4.90 Å².